The van der Waals surface area contributed by atoms with Gasteiger partial charge in [-0.2, -0.15) is 5.26 Å². The SMILES string of the molecule is CC(Cl)c1nc2ccc(C#N)cc2n1CC1CCN(C)C1. The molecule has 1 aliphatic heterocycles. The van der Waals surface area contributed by atoms with Crippen LogP contribution in [0.15, 0.2) is 18.2 Å². The number of halogens is 1. The summed E-state index contributed by atoms with van der Waals surface area (Å²) in [7, 11) is 2.16. The molecular weight excluding hydrogens is 284 g/mol. The van der Waals surface area contributed by atoms with Gasteiger partial charge in [0.15, 0.2) is 0 Å². The zero-order valence-corrected chi connectivity index (χ0v) is 13.1. The summed E-state index contributed by atoms with van der Waals surface area (Å²) < 4.78 is 2.21. The van der Waals surface area contributed by atoms with E-state index in [1.807, 2.05) is 25.1 Å². The lowest BCUT2D eigenvalue weighted by Gasteiger charge is -2.15. The van der Waals surface area contributed by atoms with E-state index in [9.17, 15) is 0 Å². The van der Waals surface area contributed by atoms with Gasteiger partial charge in [0.1, 0.15) is 5.82 Å². The average molecular weight is 303 g/mol. The molecule has 2 atom stereocenters. The normalized spacial score (nSPS) is 20.8. The Morgan fingerprint density at radius 1 is 1.52 bits per heavy atom. The van der Waals surface area contributed by atoms with Crippen LogP contribution in [-0.4, -0.2) is 34.6 Å². The fourth-order valence-corrected chi connectivity index (χ4v) is 3.31. The summed E-state index contributed by atoms with van der Waals surface area (Å²) in [5.74, 6) is 1.52. The predicted molar refractivity (Wildman–Crippen MR) is 84.3 cm³/mol. The maximum absolute atomic E-state index is 9.11. The highest BCUT2D eigenvalue weighted by Gasteiger charge is 2.23. The van der Waals surface area contributed by atoms with Crippen molar-refractivity contribution in [3.63, 3.8) is 0 Å². The Bertz CT molecular complexity index is 698. The Kier molecular flexibility index (Phi) is 3.88. The van der Waals surface area contributed by atoms with Crippen LogP contribution >= 0.6 is 11.6 Å². The molecule has 110 valence electrons. The second-order valence-electron chi connectivity index (χ2n) is 5.93. The van der Waals surface area contributed by atoms with Crippen molar-refractivity contribution in [3.05, 3.63) is 29.6 Å². The van der Waals surface area contributed by atoms with Crippen LogP contribution in [0.1, 0.15) is 30.1 Å². The van der Waals surface area contributed by atoms with Crippen LogP contribution in [0, 0.1) is 17.2 Å². The first-order valence-electron chi connectivity index (χ1n) is 7.31. The van der Waals surface area contributed by atoms with Gasteiger partial charge in [-0.25, -0.2) is 4.98 Å². The second-order valence-corrected chi connectivity index (χ2v) is 6.58. The van der Waals surface area contributed by atoms with E-state index >= 15 is 0 Å². The van der Waals surface area contributed by atoms with Crippen LogP contribution < -0.4 is 0 Å². The van der Waals surface area contributed by atoms with Gasteiger partial charge >= 0.3 is 0 Å². The Morgan fingerprint density at radius 3 is 2.95 bits per heavy atom. The van der Waals surface area contributed by atoms with Gasteiger partial charge in [0, 0.05) is 13.1 Å². The van der Waals surface area contributed by atoms with E-state index in [1.54, 1.807) is 0 Å². The van der Waals surface area contributed by atoms with Crippen molar-refractivity contribution in [1.82, 2.24) is 14.5 Å². The average Bonchev–Trinajstić information content (AvgIpc) is 3.03. The molecule has 0 amide bonds. The first-order valence-corrected chi connectivity index (χ1v) is 7.75. The first kappa shape index (κ1) is 14.4. The van der Waals surface area contributed by atoms with Gasteiger partial charge in [-0.15, -0.1) is 11.6 Å². The number of alkyl halides is 1. The molecule has 2 heterocycles. The molecule has 3 rings (SSSR count). The molecule has 2 aromatic rings. The van der Waals surface area contributed by atoms with Crippen LogP contribution in [0.4, 0.5) is 0 Å². The molecule has 0 radical (unpaired) electrons. The fraction of sp³-hybridized carbons (Fsp3) is 0.500. The van der Waals surface area contributed by atoms with E-state index in [2.05, 4.69) is 27.6 Å². The smallest absolute Gasteiger partial charge is 0.127 e. The number of hydrogen-bond donors (Lipinski definition) is 0. The Labute approximate surface area is 129 Å². The lowest BCUT2D eigenvalue weighted by Crippen LogP contribution is -2.18. The zero-order valence-electron chi connectivity index (χ0n) is 12.4. The maximum atomic E-state index is 9.11. The highest BCUT2D eigenvalue weighted by atomic mass is 35.5. The van der Waals surface area contributed by atoms with Crippen LogP contribution in [0.3, 0.4) is 0 Å². The van der Waals surface area contributed by atoms with E-state index in [-0.39, 0.29) is 5.38 Å². The molecule has 0 aliphatic carbocycles. The maximum Gasteiger partial charge on any atom is 0.127 e. The molecule has 0 N–H and O–H groups in total. The summed E-state index contributed by atoms with van der Waals surface area (Å²) in [6.07, 6.45) is 1.20. The molecular formula is C16H19ClN4. The van der Waals surface area contributed by atoms with Crippen molar-refractivity contribution in [2.45, 2.75) is 25.3 Å². The predicted octanol–water partition coefficient (Wildman–Crippen LogP) is 3.16. The molecule has 0 bridgehead atoms. The van der Waals surface area contributed by atoms with Crippen molar-refractivity contribution in [3.8, 4) is 6.07 Å². The molecule has 1 aliphatic rings. The van der Waals surface area contributed by atoms with Crippen LogP contribution in [-0.2, 0) is 6.54 Å². The molecule has 0 spiro atoms. The molecule has 4 nitrogen and oxygen atoms in total. The van der Waals surface area contributed by atoms with Gasteiger partial charge in [0.25, 0.3) is 0 Å². The highest BCUT2D eigenvalue weighted by Crippen LogP contribution is 2.28. The monoisotopic (exact) mass is 302 g/mol. The summed E-state index contributed by atoms with van der Waals surface area (Å²) in [5, 5.41) is 8.97. The third kappa shape index (κ3) is 2.76. The minimum Gasteiger partial charge on any atom is -0.326 e. The van der Waals surface area contributed by atoms with Gasteiger partial charge in [-0.1, -0.05) is 0 Å². The Balaban J connectivity index is 2.04. The molecule has 1 fully saturated rings. The number of imidazole rings is 1. The largest absolute Gasteiger partial charge is 0.326 e. The Morgan fingerprint density at radius 2 is 2.33 bits per heavy atom. The van der Waals surface area contributed by atoms with Crippen LogP contribution in [0.25, 0.3) is 11.0 Å². The third-order valence-corrected chi connectivity index (χ3v) is 4.39. The van der Waals surface area contributed by atoms with E-state index in [0.717, 1.165) is 36.5 Å². The number of fused-ring (bicyclic) bond motifs is 1. The van der Waals surface area contributed by atoms with Crippen molar-refractivity contribution in [2.24, 2.45) is 5.92 Å². The number of nitriles is 1. The summed E-state index contributed by atoms with van der Waals surface area (Å²) in [4.78, 5) is 7.01. The van der Waals surface area contributed by atoms with Crippen LogP contribution in [0.2, 0.25) is 0 Å². The first-order chi connectivity index (χ1) is 10.1. The molecule has 1 aromatic heterocycles. The Hall–Kier alpha value is -1.57. The molecule has 2 unspecified atom stereocenters. The van der Waals surface area contributed by atoms with Gasteiger partial charge in [-0.05, 0) is 51.1 Å². The number of aromatic nitrogens is 2. The van der Waals surface area contributed by atoms with Gasteiger partial charge < -0.3 is 9.47 Å². The van der Waals surface area contributed by atoms with Gasteiger partial charge in [0.2, 0.25) is 0 Å². The van der Waals surface area contributed by atoms with Crippen molar-refractivity contribution in [2.75, 3.05) is 20.1 Å². The van der Waals surface area contributed by atoms with Crippen molar-refractivity contribution >= 4 is 22.6 Å². The molecule has 0 saturated carbocycles. The van der Waals surface area contributed by atoms with Gasteiger partial charge in [-0.3, -0.25) is 0 Å². The topological polar surface area (TPSA) is 44.9 Å². The number of likely N-dealkylation sites (tertiary alicyclic amines) is 1. The summed E-state index contributed by atoms with van der Waals surface area (Å²) >= 11 is 6.31. The molecule has 1 aromatic carbocycles. The minimum atomic E-state index is -0.137. The molecule has 21 heavy (non-hydrogen) atoms. The zero-order chi connectivity index (χ0) is 15.0. The number of nitrogens with zero attached hydrogens (tertiary/aromatic N) is 4. The number of hydrogen-bond acceptors (Lipinski definition) is 3. The fourth-order valence-electron chi connectivity index (χ4n) is 3.14. The number of benzene rings is 1. The van der Waals surface area contributed by atoms with Gasteiger partial charge in [0.05, 0.1) is 28.0 Å². The summed E-state index contributed by atoms with van der Waals surface area (Å²) in [6.45, 7) is 5.12. The lowest BCUT2D eigenvalue weighted by molar-refractivity contribution is 0.377. The standard InChI is InChI=1S/C16H19ClN4/c1-11(17)16-19-14-4-3-12(8-18)7-15(14)21(16)10-13-5-6-20(2)9-13/h3-4,7,11,13H,5-6,9-10H2,1-2H3. The lowest BCUT2D eigenvalue weighted by atomic mass is 10.1. The highest BCUT2D eigenvalue weighted by molar-refractivity contribution is 6.20. The van der Waals surface area contributed by atoms with Crippen molar-refractivity contribution < 1.29 is 0 Å². The molecule has 5 heteroatoms. The van der Waals surface area contributed by atoms with E-state index < -0.39 is 0 Å². The van der Waals surface area contributed by atoms with Crippen LogP contribution in [0.5, 0.6) is 0 Å². The third-order valence-electron chi connectivity index (χ3n) is 4.19. The number of rotatable bonds is 3. The van der Waals surface area contributed by atoms with Crippen molar-refractivity contribution in [1.29, 1.82) is 5.26 Å². The summed E-state index contributed by atoms with van der Waals surface area (Å²) in [5.41, 5.74) is 2.61. The minimum absolute atomic E-state index is 0.137. The van der Waals surface area contributed by atoms with E-state index in [4.69, 9.17) is 16.9 Å². The quantitative estimate of drug-likeness (QED) is 0.818. The second kappa shape index (κ2) is 5.67. The van der Waals surface area contributed by atoms with E-state index in [0.29, 0.717) is 11.5 Å². The summed E-state index contributed by atoms with van der Waals surface area (Å²) in [6, 6.07) is 7.85. The van der Waals surface area contributed by atoms with E-state index in [1.165, 1.54) is 6.42 Å². The molecule has 1 saturated heterocycles.